The van der Waals surface area contributed by atoms with Crippen molar-refractivity contribution in [2.75, 3.05) is 0 Å². The molecule has 0 atom stereocenters. The average molecular weight is 323 g/mol. The number of phenolic OH excluding ortho intramolecular Hbond substituents is 1. The molecule has 4 heteroatoms. The number of halogens is 1. The van der Waals surface area contributed by atoms with E-state index >= 15 is 0 Å². The number of hydrogen-bond acceptors (Lipinski definition) is 3. The first-order chi connectivity index (χ1) is 8.58. The Kier molecular flexibility index (Phi) is 3.99. The molecule has 2 rings (SSSR count). The van der Waals surface area contributed by atoms with E-state index in [4.69, 9.17) is 0 Å². The van der Waals surface area contributed by atoms with Gasteiger partial charge >= 0.3 is 0 Å². The lowest BCUT2D eigenvalue weighted by atomic mass is 10.1. The minimum Gasteiger partial charge on any atom is -0.506 e. The van der Waals surface area contributed by atoms with Crippen LogP contribution < -0.4 is 0 Å². The fourth-order valence-electron chi connectivity index (χ4n) is 1.55. The maximum Gasteiger partial charge on any atom is 0.189 e. The van der Waals surface area contributed by atoms with E-state index in [-0.39, 0.29) is 11.5 Å². The van der Waals surface area contributed by atoms with Crippen molar-refractivity contribution in [3.05, 3.63) is 56.2 Å². The molecular weight excluding hydrogens is 312 g/mol. The number of rotatable bonds is 3. The Bertz CT molecular complexity index is 601. The molecule has 0 radical (unpaired) electrons. The number of allylic oxidation sites excluding steroid dienone is 1. The minimum atomic E-state index is -0.205. The van der Waals surface area contributed by atoms with Crippen molar-refractivity contribution in [3.63, 3.8) is 0 Å². The Morgan fingerprint density at radius 3 is 2.89 bits per heavy atom. The summed E-state index contributed by atoms with van der Waals surface area (Å²) in [6.07, 6.45) is 3.22. The Morgan fingerprint density at radius 2 is 2.22 bits per heavy atom. The van der Waals surface area contributed by atoms with E-state index in [0.717, 1.165) is 11.1 Å². The van der Waals surface area contributed by atoms with Crippen LogP contribution in [0.2, 0.25) is 0 Å². The summed E-state index contributed by atoms with van der Waals surface area (Å²) in [7, 11) is 0. The van der Waals surface area contributed by atoms with Crippen LogP contribution in [0.15, 0.2) is 39.5 Å². The Labute approximate surface area is 118 Å². The summed E-state index contributed by atoms with van der Waals surface area (Å²) in [5.74, 6) is -0.219. The van der Waals surface area contributed by atoms with Gasteiger partial charge in [-0.3, -0.25) is 4.79 Å². The van der Waals surface area contributed by atoms with E-state index in [1.54, 1.807) is 29.5 Å². The zero-order valence-corrected chi connectivity index (χ0v) is 12.1. The molecule has 0 fully saturated rings. The lowest BCUT2D eigenvalue weighted by Crippen LogP contribution is -1.96. The monoisotopic (exact) mass is 322 g/mol. The molecule has 0 spiro atoms. The molecule has 1 aromatic carbocycles. The average Bonchev–Trinajstić information content (AvgIpc) is 2.83. The number of phenols is 1. The van der Waals surface area contributed by atoms with Gasteiger partial charge < -0.3 is 5.11 Å². The maximum absolute atomic E-state index is 12.0. The highest BCUT2D eigenvalue weighted by Crippen LogP contribution is 2.29. The zero-order valence-electron chi connectivity index (χ0n) is 9.68. The van der Waals surface area contributed by atoms with E-state index in [9.17, 15) is 9.90 Å². The van der Waals surface area contributed by atoms with Crippen LogP contribution in [0.1, 0.15) is 21.5 Å². The Hall–Kier alpha value is -1.39. The summed E-state index contributed by atoms with van der Waals surface area (Å²) >= 11 is 4.81. The van der Waals surface area contributed by atoms with Crippen molar-refractivity contribution in [2.45, 2.75) is 6.92 Å². The number of carbonyl (C=O) groups is 1. The van der Waals surface area contributed by atoms with Crippen LogP contribution in [0.25, 0.3) is 6.08 Å². The summed E-state index contributed by atoms with van der Waals surface area (Å²) in [5.41, 5.74) is 2.22. The largest absolute Gasteiger partial charge is 0.506 e. The van der Waals surface area contributed by atoms with Gasteiger partial charge in [-0.2, -0.15) is 11.3 Å². The third-order valence-corrected chi connectivity index (χ3v) is 3.75. The second-order valence-electron chi connectivity index (χ2n) is 3.90. The topological polar surface area (TPSA) is 37.3 Å². The van der Waals surface area contributed by atoms with Crippen LogP contribution in [0.3, 0.4) is 0 Å². The highest BCUT2D eigenvalue weighted by atomic mass is 79.9. The molecule has 0 unspecified atom stereocenters. The lowest BCUT2D eigenvalue weighted by Gasteiger charge is -2.04. The first-order valence-electron chi connectivity index (χ1n) is 5.31. The van der Waals surface area contributed by atoms with Crippen molar-refractivity contribution in [1.29, 1.82) is 0 Å². The van der Waals surface area contributed by atoms with E-state index in [1.807, 2.05) is 23.8 Å². The summed E-state index contributed by atoms with van der Waals surface area (Å²) in [6.45, 7) is 1.88. The number of carbonyl (C=O) groups excluding carboxylic acids is 1. The summed E-state index contributed by atoms with van der Waals surface area (Å²) in [5, 5.41) is 13.8. The quantitative estimate of drug-likeness (QED) is 0.670. The molecular formula is C14H11BrO2S. The molecule has 0 aliphatic heterocycles. The predicted octanol–water partition coefficient (Wildman–Crippen LogP) is 4.42. The second kappa shape index (κ2) is 5.50. The van der Waals surface area contributed by atoms with E-state index in [0.29, 0.717) is 10.0 Å². The fourth-order valence-corrected chi connectivity index (χ4v) is 2.76. The Morgan fingerprint density at radius 1 is 1.44 bits per heavy atom. The van der Waals surface area contributed by atoms with Crippen LogP contribution in [0.4, 0.5) is 0 Å². The van der Waals surface area contributed by atoms with Crippen LogP contribution >= 0.6 is 27.3 Å². The minimum absolute atomic E-state index is 0.0134. The van der Waals surface area contributed by atoms with Crippen LogP contribution in [-0.2, 0) is 0 Å². The predicted molar refractivity (Wildman–Crippen MR) is 78.2 cm³/mol. The molecule has 0 saturated carbocycles. The molecule has 2 aromatic rings. The first kappa shape index (κ1) is 13.1. The van der Waals surface area contributed by atoms with Gasteiger partial charge in [-0.25, -0.2) is 0 Å². The fraction of sp³-hybridized carbons (Fsp3) is 0.0714. The molecule has 0 amide bonds. The molecule has 0 aliphatic carbocycles. The van der Waals surface area contributed by atoms with Gasteiger partial charge in [-0.05, 0) is 69.0 Å². The summed E-state index contributed by atoms with van der Waals surface area (Å²) in [4.78, 5) is 12.0. The molecule has 0 saturated heterocycles. The number of aryl methyl sites for hydroxylation is 1. The molecule has 1 N–H and O–H groups in total. The normalized spacial score (nSPS) is 11.0. The standard InChI is InChI=1S/C14H11BrO2S/c1-9-6-11(14(17)12(15)7-9)13(16)3-2-10-4-5-18-8-10/h2-8,17H,1H3/b3-2+. The van der Waals surface area contributed by atoms with Crippen molar-refractivity contribution in [1.82, 2.24) is 0 Å². The van der Waals surface area contributed by atoms with Gasteiger partial charge in [-0.15, -0.1) is 0 Å². The smallest absolute Gasteiger partial charge is 0.189 e. The second-order valence-corrected chi connectivity index (χ2v) is 5.53. The van der Waals surface area contributed by atoms with Gasteiger partial charge in [0.25, 0.3) is 0 Å². The van der Waals surface area contributed by atoms with Crippen LogP contribution in [-0.4, -0.2) is 10.9 Å². The zero-order chi connectivity index (χ0) is 13.1. The third-order valence-electron chi connectivity index (χ3n) is 2.44. The van der Waals surface area contributed by atoms with E-state index < -0.39 is 0 Å². The number of aromatic hydroxyl groups is 1. The number of thiophene rings is 1. The number of benzene rings is 1. The molecule has 2 nitrogen and oxygen atoms in total. The molecule has 1 heterocycles. The molecule has 18 heavy (non-hydrogen) atoms. The number of hydrogen-bond donors (Lipinski definition) is 1. The van der Waals surface area contributed by atoms with Crippen LogP contribution in [0.5, 0.6) is 5.75 Å². The van der Waals surface area contributed by atoms with Gasteiger partial charge in [0.15, 0.2) is 5.78 Å². The summed E-state index contributed by atoms with van der Waals surface area (Å²) < 4.78 is 0.537. The van der Waals surface area contributed by atoms with Gasteiger partial charge in [0, 0.05) is 0 Å². The molecule has 0 bridgehead atoms. The molecule has 1 aromatic heterocycles. The Balaban J connectivity index is 2.29. The maximum atomic E-state index is 12.0. The third kappa shape index (κ3) is 2.89. The van der Waals surface area contributed by atoms with Crippen LogP contribution in [0, 0.1) is 6.92 Å². The molecule has 0 aliphatic rings. The SMILES string of the molecule is Cc1cc(Br)c(O)c(C(=O)/C=C/c2ccsc2)c1. The van der Waals surface area contributed by atoms with E-state index in [2.05, 4.69) is 15.9 Å². The van der Waals surface area contributed by atoms with Gasteiger partial charge in [0.05, 0.1) is 10.0 Å². The van der Waals surface area contributed by atoms with Crippen molar-refractivity contribution in [3.8, 4) is 5.75 Å². The van der Waals surface area contributed by atoms with Gasteiger partial charge in [0.1, 0.15) is 5.75 Å². The van der Waals surface area contributed by atoms with Crippen molar-refractivity contribution >= 4 is 39.1 Å². The molecule has 92 valence electrons. The van der Waals surface area contributed by atoms with E-state index in [1.165, 1.54) is 6.08 Å². The summed E-state index contributed by atoms with van der Waals surface area (Å²) in [6, 6.07) is 5.38. The lowest BCUT2D eigenvalue weighted by molar-refractivity contribution is 0.104. The first-order valence-corrected chi connectivity index (χ1v) is 7.05. The highest BCUT2D eigenvalue weighted by Gasteiger charge is 2.12. The van der Waals surface area contributed by atoms with Crippen molar-refractivity contribution in [2.24, 2.45) is 0 Å². The number of ketones is 1. The van der Waals surface area contributed by atoms with Gasteiger partial charge in [0.2, 0.25) is 0 Å². The highest BCUT2D eigenvalue weighted by molar-refractivity contribution is 9.10. The van der Waals surface area contributed by atoms with Gasteiger partial charge in [-0.1, -0.05) is 6.08 Å². The van der Waals surface area contributed by atoms with Crippen molar-refractivity contribution < 1.29 is 9.90 Å².